The molecule has 0 aromatic heterocycles. The van der Waals surface area contributed by atoms with E-state index >= 15 is 0 Å². The zero-order valence-electron chi connectivity index (χ0n) is 17.3. The highest BCUT2D eigenvalue weighted by atomic mass is 16.6. The molecule has 0 saturated heterocycles. The lowest BCUT2D eigenvalue weighted by atomic mass is 10.0. The van der Waals surface area contributed by atoms with E-state index in [1.54, 1.807) is 0 Å². The average Bonchev–Trinajstić information content (AvgIpc) is 2.66. The van der Waals surface area contributed by atoms with Crippen LogP contribution in [0.2, 0.25) is 0 Å². The van der Waals surface area contributed by atoms with Gasteiger partial charge in [0.1, 0.15) is 5.60 Å². The fourth-order valence-corrected chi connectivity index (χ4v) is 2.86. The van der Waals surface area contributed by atoms with E-state index in [2.05, 4.69) is 18.2 Å². The van der Waals surface area contributed by atoms with Gasteiger partial charge in [-0.05, 0) is 45.2 Å². The third-order valence-corrected chi connectivity index (χ3v) is 4.15. The van der Waals surface area contributed by atoms with Crippen LogP contribution >= 0.6 is 0 Å². The smallest absolute Gasteiger partial charge is 0.411 e. The van der Waals surface area contributed by atoms with Gasteiger partial charge in [-0.3, -0.25) is 4.90 Å². The maximum Gasteiger partial charge on any atom is 0.411 e. The maximum absolute atomic E-state index is 13.1. The van der Waals surface area contributed by atoms with Gasteiger partial charge in [-0.25, -0.2) is 4.79 Å². The number of hydrogen-bond acceptors (Lipinski definition) is 2. The molecule has 1 atom stereocenters. The minimum atomic E-state index is -0.545. The van der Waals surface area contributed by atoms with Crippen LogP contribution in [0.1, 0.15) is 38.8 Å². The van der Waals surface area contributed by atoms with Crippen molar-refractivity contribution in [2.75, 3.05) is 0 Å². The number of rotatable bonds is 7. The van der Waals surface area contributed by atoms with Crippen molar-refractivity contribution in [2.45, 2.75) is 52.3 Å². The largest absolute Gasteiger partial charge is 0.444 e. The summed E-state index contributed by atoms with van der Waals surface area (Å²) in [6.07, 6.45) is 8.44. The minimum absolute atomic E-state index is 0.117. The summed E-state index contributed by atoms with van der Waals surface area (Å²) in [6.45, 7) is 8.16. The Morgan fingerprint density at radius 1 is 0.964 bits per heavy atom. The van der Waals surface area contributed by atoms with Gasteiger partial charge in [0.25, 0.3) is 0 Å². The maximum atomic E-state index is 13.1. The quantitative estimate of drug-likeness (QED) is 0.540. The Kier molecular flexibility index (Phi) is 8.06. The number of nitrogens with zero attached hydrogens (tertiary/aromatic N) is 1. The molecule has 2 aromatic rings. The molecule has 0 N–H and O–H groups in total. The molecule has 0 aliphatic heterocycles. The molecule has 0 fully saturated rings. The third-order valence-electron chi connectivity index (χ3n) is 4.15. The molecule has 3 heteroatoms. The Balaban J connectivity index is 2.35. The molecule has 2 aromatic carbocycles. The molecule has 0 aliphatic carbocycles. The van der Waals surface area contributed by atoms with Gasteiger partial charge in [-0.2, -0.15) is 0 Å². The number of ether oxygens (including phenoxy) is 1. The lowest BCUT2D eigenvalue weighted by Crippen LogP contribution is -2.43. The van der Waals surface area contributed by atoms with Gasteiger partial charge in [0.05, 0.1) is 6.04 Å². The van der Waals surface area contributed by atoms with Crippen molar-refractivity contribution < 1.29 is 9.53 Å². The molecule has 0 unspecified atom stereocenters. The Morgan fingerprint density at radius 2 is 1.54 bits per heavy atom. The first-order valence-electron chi connectivity index (χ1n) is 9.76. The van der Waals surface area contributed by atoms with Crippen molar-refractivity contribution in [1.82, 2.24) is 4.90 Å². The fraction of sp³-hybridized carbons (Fsp3) is 0.320. The molecule has 148 valence electrons. The van der Waals surface area contributed by atoms with Crippen LogP contribution < -0.4 is 0 Å². The second-order valence-corrected chi connectivity index (χ2v) is 7.76. The molecule has 0 bridgehead atoms. The number of carbonyl (C=O) groups is 1. The minimum Gasteiger partial charge on any atom is -0.444 e. The van der Waals surface area contributed by atoms with E-state index < -0.39 is 5.60 Å². The summed E-state index contributed by atoms with van der Waals surface area (Å²) in [5, 5.41) is 0. The zero-order chi connectivity index (χ0) is 20.4. The topological polar surface area (TPSA) is 29.5 Å². The van der Waals surface area contributed by atoms with E-state index in [-0.39, 0.29) is 12.1 Å². The molecule has 0 aliphatic rings. The van der Waals surface area contributed by atoms with Gasteiger partial charge in [0, 0.05) is 6.54 Å². The summed E-state index contributed by atoms with van der Waals surface area (Å²) in [5.74, 6) is 0. The van der Waals surface area contributed by atoms with Gasteiger partial charge in [-0.1, -0.05) is 85.0 Å². The summed E-state index contributed by atoms with van der Waals surface area (Å²) >= 11 is 0. The molecule has 0 spiro atoms. The molecule has 1 amide bonds. The van der Waals surface area contributed by atoms with E-state index in [1.165, 1.54) is 5.56 Å². The van der Waals surface area contributed by atoms with Crippen molar-refractivity contribution in [3.63, 3.8) is 0 Å². The number of benzene rings is 2. The van der Waals surface area contributed by atoms with Gasteiger partial charge < -0.3 is 4.74 Å². The molecular formula is C25H31NO2. The first-order valence-corrected chi connectivity index (χ1v) is 9.76. The molecule has 0 saturated carbocycles. The second kappa shape index (κ2) is 10.5. The number of carbonyl (C=O) groups excluding carboxylic acids is 1. The van der Waals surface area contributed by atoms with E-state index in [4.69, 9.17) is 4.74 Å². The molecule has 28 heavy (non-hydrogen) atoms. The highest BCUT2D eigenvalue weighted by Crippen LogP contribution is 2.19. The van der Waals surface area contributed by atoms with Gasteiger partial charge in [-0.15, -0.1) is 0 Å². The summed E-state index contributed by atoms with van der Waals surface area (Å²) < 4.78 is 5.73. The van der Waals surface area contributed by atoms with E-state index in [1.807, 2.05) is 99.4 Å². The van der Waals surface area contributed by atoms with Crippen LogP contribution in [-0.2, 0) is 17.7 Å². The Morgan fingerprint density at radius 3 is 2.07 bits per heavy atom. The standard InChI is InChI=1S/C25H31NO2/c1-5-6-9-18-23(19-21-14-10-7-11-15-21)26(24(27)28-25(2,3)4)20-22-16-12-8-13-17-22/h5-18,23H,19-20H2,1-4H3/b6-5+,18-9+/t23-/m1/s1. The summed E-state index contributed by atoms with van der Waals surface area (Å²) in [5.41, 5.74) is 1.71. The van der Waals surface area contributed by atoms with Crippen LogP contribution in [0, 0.1) is 0 Å². The van der Waals surface area contributed by atoms with Crippen LogP contribution in [-0.4, -0.2) is 22.6 Å². The molecule has 3 nitrogen and oxygen atoms in total. The normalized spacial score (nSPS) is 13.0. The summed E-state index contributed by atoms with van der Waals surface area (Å²) in [4.78, 5) is 14.9. The number of hydrogen-bond donors (Lipinski definition) is 0. The average molecular weight is 378 g/mol. The Labute approximate surface area is 169 Å². The van der Waals surface area contributed by atoms with Crippen molar-refractivity contribution in [2.24, 2.45) is 0 Å². The number of allylic oxidation sites excluding steroid dienone is 3. The van der Waals surface area contributed by atoms with Crippen LogP contribution in [0.4, 0.5) is 4.79 Å². The van der Waals surface area contributed by atoms with Crippen LogP contribution in [0.15, 0.2) is 85.0 Å². The van der Waals surface area contributed by atoms with Crippen molar-refractivity contribution in [3.8, 4) is 0 Å². The van der Waals surface area contributed by atoms with Crippen molar-refractivity contribution in [1.29, 1.82) is 0 Å². The first kappa shape index (κ1) is 21.5. The first-order chi connectivity index (χ1) is 13.4. The molecule has 0 heterocycles. The van der Waals surface area contributed by atoms with Crippen LogP contribution in [0.5, 0.6) is 0 Å². The van der Waals surface area contributed by atoms with E-state index in [0.29, 0.717) is 6.54 Å². The molecule has 0 radical (unpaired) electrons. The van der Waals surface area contributed by atoms with Crippen molar-refractivity contribution in [3.05, 3.63) is 96.1 Å². The summed E-state index contributed by atoms with van der Waals surface area (Å²) in [6, 6.07) is 20.1. The lowest BCUT2D eigenvalue weighted by molar-refractivity contribution is 0.0180. The summed E-state index contributed by atoms with van der Waals surface area (Å²) in [7, 11) is 0. The molecule has 2 rings (SSSR count). The molecular weight excluding hydrogens is 346 g/mol. The van der Waals surface area contributed by atoms with Crippen LogP contribution in [0.25, 0.3) is 0 Å². The zero-order valence-corrected chi connectivity index (χ0v) is 17.3. The fourth-order valence-electron chi connectivity index (χ4n) is 2.86. The second-order valence-electron chi connectivity index (χ2n) is 7.76. The Bertz CT molecular complexity index is 773. The number of amides is 1. The van der Waals surface area contributed by atoms with E-state index in [0.717, 1.165) is 12.0 Å². The SMILES string of the molecule is C/C=C/C=C/[C@H](Cc1ccccc1)N(Cc1ccccc1)C(=O)OC(C)(C)C. The third kappa shape index (κ3) is 7.43. The van der Waals surface area contributed by atoms with E-state index in [9.17, 15) is 4.79 Å². The van der Waals surface area contributed by atoms with Crippen molar-refractivity contribution >= 4 is 6.09 Å². The van der Waals surface area contributed by atoms with Gasteiger partial charge in [0.15, 0.2) is 0 Å². The Hall–Kier alpha value is -2.81. The van der Waals surface area contributed by atoms with Crippen LogP contribution in [0.3, 0.4) is 0 Å². The highest BCUT2D eigenvalue weighted by molar-refractivity contribution is 5.69. The predicted molar refractivity (Wildman–Crippen MR) is 116 cm³/mol. The highest BCUT2D eigenvalue weighted by Gasteiger charge is 2.27. The van der Waals surface area contributed by atoms with Gasteiger partial charge in [0.2, 0.25) is 0 Å². The predicted octanol–water partition coefficient (Wildman–Crippen LogP) is 6.17. The van der Waals surface area contributed by atoms with Gasteiger partial charge >= 0.3 is 6.09 Å². The monoisotopic (exact) mass is 377 g/mol. The lowest BCUT2D eigenvalue weighted by Gasteiger charge is -2.32.